The molecule has 0 saturated heterocycles. The minimum absolute atomic E-state index is 0.0356. The molecule has 0 radical (unpaired) electrons. The number of nitrogens with one attached hydrogen (secondary N) is 1. The van der Waals surface area contributed by atoms with Gasteiger partial charge in [0.1, 0.15) is 5.82 Å². The van der Waals surface area contributed by atoms with Crippen LogP contribution in [0.25, 0.3) is 0 Å². The summed E-state index contributed by atoms with van der Waals surface area (Å²) in [5, 5.41) is 3.16. The summed E-state index contributed by atoms with van der Waals surface area (Å²) in [7, 11) is 0. The number of hydrogen-bond donors (Lipinski definition) is 2. The summed E-state index contributed by atoms with van der Waals surface area (Å²) < 4.78 is 0. The van der Waals surface area contributed by atoms with Crippen LogP contribution in [0.2, 0.25) is 0 Å². The number of nitrogen functional groups attached to an aromatic ring is 1. The second-order valence-electron chi connectivity index (χ2n) is 5.36. The van der Waals surface area contributed by atoms with Gasteiger partial charge < -0.3 is 11.1 Å². The zero-order valence-corrected chi connectivity index (χ0v) is 11.6. The third-order valence-corrected chi connectivity index (χ3v) is 4.02. The molecule has 1 atom stereocenters. The van der Waals surface area contributed by atoms with Gasteiger partial charge in [0.25, 0.3) is 5.91 Å². The molecule has 1 unspecified atom stereocenters. The number of hydrogen-bond acceptors (Lipinski definition) is 3. The largest absolute Gasteiger partial charge is 0.384 e. The molecule has 0 aliphatic heterocycles. The molecule has 1 aromatic heterocycles. The van der Waals surface area contributed by atoms with E-state index in [4.69, 9.17) is 5.73 Å². The third kappa shape index (κ3) is 3.69. The number of pyridine rings is 1. The van der Waals surface area contributed by atoms with Gasteiger partial charge in [-0.3, -0.25) is 4.79 Å². The molecule has 0 bridgehead atoms. The Kier molecular flexibility index (Phi) is 4.77. The molecule has 1 aromatic rings. The summed E-state index contributed by atoms with van der Waals surface area (Å²) in [6, 6.07) is 3.62. The van der Waals surface area contributed by atoms with Gasteiger partial charge in [-0.25, -0.2) is 4.98 Å². The Morgan fingerprint density at radius 2 is 2.21 bits per heavy atom. The van der Waals surface area contributed by atoms with Crippen LogP contribution in [0.4, 0.5) is 5.82 Å². The smallest absolute Gasteiger partial charge is 0.251 e. The Hall–Kier alpha value is -1.58. The third-order valence-electron chi connectivity index (χ3n) is 4.02. The van der Waals surface area contributed by atoms with Crippen LogP contribution < -0.4 is 11.1 Å². The van der Waals surface area contributed by atoms with Crippen molar-refractivity contribution in [2.45, 2.75) is 51.5 Å². The highest BCUT2D eigenvalue weighted by Gasteiger charge is 2.24. The van der Waals surface area contributed by atoms with Gasteiger partial charge in [-0.1, -0.05) is 26.2 Å². The lowest BCUT2D eigenvalue weighted by molar-refractivity contribution is 0.0911. The van der Waals surface area contributed by atoms with Gasteiger partial charge in [0, 0.05) is 17.8 Å². The Bertz CT molecular complexity index is 427. The Morgan fingerprint density at radius 3 is 2.84 bits per heavy atom. The monoisotopic (exact) mass is 261 g/mol. The van der Waals surface area contributed by atoms with E-state index in [9.17, 15) is 4.79 Å². The van der Waals surface area contributed by atoms with Crippen molar-refractivity contribution in [1.29, 1.82) is 0 Å². The van der Waals surface area contributed by atoms with Crippen molar-refractivity contribution in [2.75, 3.05) is 5.73 Å². The van der Waals surface area contributed by atoms with E-state index in [2.05, 4.69) is 17.2 Å². The van der Waals surface area contributed by atoms with Crippen molar-refractivity contribution in [3.8, 4) is 0 Å². The maximum Gasteiger partial charge on any atom is 0.251 e. The van der Waals surface area contributed by atoms with Gasteiger partial charge in [0.2, 0.25) is 0 Å². The van der Waals surface area contributed by atoms with Crippen molar-refractivity contribution in [3.63, 3.8) is 0 Å². The molecule has 0 spiro atoms. The fourth-order valence-corrected chi connectivity index (χ4v) is 2.93. The van der Waals surface area contributed by atoms with Crippen LogP contribution in [0.15, 0.2) is 18.3 Å². The minimum atomic E-state index is -0.0356. The highest BCUT2D eigenvalue weighted by molar-refractivity contribution is 5.94. The van der Waals surface area contributed by atoms with Crippen LogP contribution in [-0.2, 0) is 0 Å². The fourth-order valence-electron chi connectivity index (χ4n) is 2.93. The van der Waals surface area contributed by atoms with Crippen LogP contribution in [-0.4, -0.2) is 16.9 Å². The second kappa shape index (κ2) is 6.55. The van der Waals surface area contributed by atoms with E-state index in [1.54, 1.807) is 18.3 Å². The van der Waals surface area contributed by atoms with Crippen molar-refractivity contribution in [2.24, 2.45) is 5.92 Å². The molecule has 104 valence electrons. The molecule has 1 aliphatic carbocycles. The summed E-state index contributed by atoms with van der Waals surface area (Å²) in [6.45, 7) is 2.14. The van der Waals surface area contributed by atoms with Gasteiger partial charge in [-0.15, -0.1) is 0 Å². The number of rotatable bonds is 4. The minimum Gasteiger partial charge on any atom is -0.384 e. The first-order valence-electron chi connectivity index (χ1n) is 7.23. The standard InChI is InChI=1S/C15H23N3O/c1-2-13(11-6-4-3-5-7-11)18-15(19)12-8-9-17-14(16)10-12/h8-11,13H,2-7H2,1H3,(H2,16,17)(H,18,19). The van der Waals surface area contributed by atoms with Crippen LogP contribution in [0.5, 0.6) is 0 Å². The first-order valence-corrected chi connectivity index (χ1v) is 7.23. The average molecular weight is 261 g/mol. The predicted octanol–water partition coefficient (Wildman–Crippen LogP) is 2.75. The average Bonchev–Trinajstić information content (AvgIpc) is 2.45. The predicted molar refractivity (Wildman–Crippen MR) is 76.8 cm³/mol. The maximum absolute atomic E-state index is 12.2. The molecule has 19 heavy (non-hydrogen) atoms. The molecule has 1 amide bonds. The quantitative estimate of drug-likeness (QED) is 0.875. The van der Waals surface area contributed by atoms with E-state index >= 15 is 0 Å². The first-order chi connectivity index (χ1) is 9.20. The van der Waals surface area contributed by atoms with Crippen LogP contribution in [0.3, 0.4) is 0 Å². The van der Waals surface area contributed by atoms with Crippen LogP contribution in [0, 0.1) is 5.92 Å². The highest BCUT2D eigenvalue weighted by atomic mass is 16.1. The van der Waals surface area contributed by atoms with Gasteiger partial charge in [-0.05, 0) is 37.3 Å². The Morgan fingerprint density at radius 1 is 1.47 bits per heavy atom. The second-order valence-corrected chi connectivity index (χ2v) is 5.36. The van der Waals surface area contributed by atoms with E-state index in [-0.39, 0.29) is 11.9 Å². The van der Waals surface area contributed by atoms with Gasteiger partial charge >= 0.3 is 0 Å². The number of anilines is 1. The molecule has 1 fully saturated rings. The molecule has 0 aromatic carbocycles. The Labute approximate surface area is 114 Å². The topological polar surface area (TPSA) is 68.0 Å². The van der Waals surface area contributed by atoms with E-state index in [0.29, 0.717) is 17.3 Å². The molecule has 4 heteroatoms. The summed E-state index contributed by atoms with van der Waals surface area (Å²) in [4.78, 5) is 16.1. The van der Waals surface area contributed by atoms with E-state index in [1.807, 2.05) is 0 Å². The lowest BCUT2D eigenvalue weighted by Gasteiger charge is -2.30. The highest BCUT2D eigenvalue weighted by Crippen LogP contribution is 2.27. The number of nitrogens with two attached hydrogens (primary N) is 1. The van der Waals surface area contributed by atoms with Crippen molar-refractivity contribution in [3.05, 3.63) is 23.9 Å². The number of carbonyl (C=O) groups excluding carboxylic acids is 1. The number of aromatic nitrogens is 1. The maximum atomic E-state index is 12.2. The summed E-state index contributed by atoms with van der Waals surface area (Å²) in [5.41, 5.74) is 6.21. The summed E-state index contributed by atoms with van der Waals surface area (Å²) in [6.07, 6.45) is 8.94. The lowest BCUT2D eigenvalue weighted by atomic mass is 9.83. The van der Waals surface area contributed by atoms with Crippen molar-refractivity contribution < 1.29 is 4.79 Å². The van der Waals surface area contributed by atoms with E-state index in [0.717, 1.165) is 6.42 Å². The molecule has 3 N–H and O–H groups in total. The Balaban J connectivity index is 1.99. The summed E-state index contributed by atoms with van der Waals surface area (Å²) >= 11 is 0. The zero-order chi connectivity index (χ0) is 13.7. The van der Waals surface area contributed by atoms with Crippen molar-refractivity contribution >= 4 is 11.7 Å². The molecule has 4 nitrogen and oxygen atoms in total. The first kappa shape index (κ1) is 13.8. The van der Waals surface area contributed by atoms with Crippen LogP contribution >= 0.6 is 0 Å². The van der Waals surface area contributed by atoms with Gasteiger partial charge in [-0.2, -0.15) is 0 Å². The molecule has 1 aliphatic rings. The number of carbonyl (C=O) groups is 1. The number of amides is 1. The summed E-state index contributed by atoms with van der Waals surface area (Å²) in [5.74, 6) is 0.978. The molecular formula is C15H23N3O. The molecular weight excluding hydrogens is 238 g/mol. The van der Waals surface area contributed by atoms with Crippen molar-refractivity contribution in [1.82, 2.24) is 10.3 Å². The SMILES string of the molecule is CCC(NC(=O)c1ccnc(N)c1)C1CCCCC1. The van der Waals surface area contributed by atoms with Gasteiger partial charge in [0.15, 0.2) is 0 Å². The molecule has 1 saturated carbocycles. The number of nitrogens with zero attached hydrogens (tertiary/aromatic N) is 1. The lowest BCUT2D eigenvalue weighted by Crippen LogP contribution is -2.40. The molecule has 1 heterocycles. The van der Waals surface area contributed by atoms with E-state index < -0.39 is 0 Å². The van der Waals surface area contributed by atoms with E-state index in [1.165, 1.54) is 32.1 Å². The van der Waals surface area contributed by atoms with Crippen LogP contribution in [0.1, 0.15) is 55.8 Å². The van der Waals surface area contributed by atoms with Gasteiger partial charge in [0.05, 0.1) is 0 Å². The fraction of sp³-hybridized carbons (Fsp3) is 0.600. The zero-order valence-electron chi connectivity index (χ0n) is 11.6. The molecule has 2 rings (SSSR count). The normalized spacial score (nSPS) is 17.9.